The molecule has 2 rings (SSSR count). The molecule has 136 valence electrons. The Morgan fingerprint density at radius 3 is 2.48 bits per heavy atom. The van der Waals surface area contributed by atoms with E-state index in [1.807, 2.05) is 0 Å². The molecular weight excluding hydrogens is 304 g/mol. The first-order valence-corrected chi connectivity index (χ1v) is 9.62. The highest BCUT2D eigenvalue weighted by Gasteiger charge is 2.28. The van der Waals surface area contributed by atoms with Crippen LogP contribution in [0.3, 0.4) is 0 Å². The predicted molar refractivity (Wildman–Crippen MR) is 108 cm³/mol. The van der Waals surface area contributed by atoms with Gasteiger partial charge in [0.25, 0.3) is 0 Å². The van der Waals surface area contributed by atoms with Gasteiger partial charge in [-0.1, -0.05) is 57.2 Å². The SMILES string of the molecule is CCc1cc(CC(NC)C(C)(C)CCCc2ccccc2)cnc1C. The summed E-state index contributed by atoms with van der Waals surface area (Å²) >= 11 is 0. The molecule has 1 unspecified atom stereocenters. The average molecular weight is 339 g/mol. The van der Waals surface area contributed by atoms with Gasteiger partial charge in [-0.25, -0.2) is 0 Å². The first-order chi connectivity index (χ1) is 12.0. The van der Waals surface area contributed by atoms with Gasteiger partial charge in [0.15, 0.2) is 0 Å². The molecule has 25 heavy (non-hydrogen) atoms. The second kappa shape index (κ2) is 9.15. The number of pyridine rings is 1. The number of nitrogens with one attached hydrogen (secondary N) is 1. The molecule has 1 aromatic heterocycles. The van der Waals surface area contributed by atoms with Gasteiger partial charge in [0.05, 0.1) is 0 Å². The minimum atomic E-state index is 0.251. The topological polar surface area (TPSA) is 24.9 Å². The molecule has 0 aliphatic heterocycles. The van der Waals surface area contributed by atoms with Gasteiger partial charge in [-0.05, 0) is 68.2 Å². The summed E-state index contributed by atoms with van der Waals surface area (Å²) in [6.07, 6.45) is 7.74. The Balaban J connectivity index is 1.97. The third kappa shape index (κ3) is 5.67. The van der Waals surface area contributed by atoms with Gasteiger partial charge in [0, 0.05) is 17.9 Å². The van der Waals surface area contributed by atoms with Crippen LogP contribution < -0.4 is 5.32 Å². The van der Waals surface area contributed by atoms with Crippen molar-refractivity contribution < 1.29 is 0 Å². The zero-order valence-electron chi connectivity index (χ0n) is 16.6. The minimum absolute atomic E-state index is 0.251. The normalized spacial score (nSPS) is 13.0. The van der Waals surface area contributed by atoms with E-state index in [-0.39, 0.29) is 5.41 Å². The van der Waals surface area contributed by atoms with E-state index in [4.69, 9.17) is 0 Å². The Morgan fingerprint density at radius 1 is 1.12 bits per heavy atom. The predicted octanol–water partition coefficient (Wildman–Crippen LogP) is 5.13. The highest BCUT2D eigenvalue weighted by Crippen LogP contribution is 2.30. The molecule has 0 amide bonds. The van der Waals surface area contributed by atoms with Crippen molar-refractivity contribution >= 4 is 0 Å². The molecule has 0 radical (unpaired) electrons. The second-order valence-electron chi connectivity index (χ2n) is 7.81. The molecule has 0 saturated heterocycles. The van der Waals surface area contributed by atoms with Crippen molar-refractivity contribution in [1.82, 2.24) is 10.3 Å². The zero-order valence-corrected chi connectivity index (χ0v) is 16.6. The molecule has 0 spiro atoms. The molecule has 0 aliphatic rings. The minimum Gasteiger partial charge on any atom is -0.316 e. The molecule has 1 atom stereocenters. The van der Waals surface area contributed by atoms with Gasteiger partial charge >= 0.3 is 0 Å². The quantitative estimate of drug-likeness (QED) is 0.685. The van der Waals surface area contributed by atoms with Crippen molar-refractivity contribution in [2.24, 2.45) is 5.41 Å². The molecule has 1 heterocycles. The van der Waals surface area contributed by atoms with Crippen LogP contribution in [0.15, 0.2) is 42.6 Å². The van der Waals surface area contributed by atoms with E-state index >= 15 is 0 Å². The Hall–Kier alpha value is -1.67. The van der Waals surface area contributed by atoms with Crippen LogP contribution >= 0.6 is 0 Å². The molecule has 1 N–H and O–H groups in total. The maximum Gasteiger partial charge on any atom is 0.0404 e. The van der Waals surface area contributed by atoms with Crippen LogP contribution in [0.1, 0.15) is 56.0 Å². The summed E-state index contributed by atoms with van der Waals surface area (Å²) in [5.74, 6) is 0. The van der Waals surface area contributed by atoms with Crippen molar-refractivity contribution in [1.29, 1.82) is 0 Å². The largest absolute Gasteiger partial charge is 0.316 e. The molecule has 2 nitrogen and oxygen atoms in total. The summed E-state index contributed by atoms with van der Waals surface area (Å²) in [6.45, 7) is 9.09. The summed E-state index contributed by atoms with van der Waals surface area (Å²) in [4.78, 5) is 4.59. The number of nitrogens with zero attached hydrogens (tertiary/aromatic N) is 1. The highest BCUT2D eigenvalue weighted by atomic mass is 14.9. The summed E-state index contributed by atoms with van der Waals surface area (Å²) in [5.41, 5.74) is 5.57. The molecular formula is C23H34N2. The van der Waals surface area contributed by atoms with E-state index in [1.165, 1.54) is 29.5 Å². The van der Waals surface area contributed by atoms with Crippen molar-refractivity contribution in [3.63, 3.8) is 0 Å². The maximum atomic E-state index is 4.59. The fraction of sp³-hybridized carbons (Fsp3) is 0.522. The van der Waals surface area contributed by atoms with E-state index in [0.29, 0.717) is 6.04 Å². The average Bonchev–Trinajstić information content (AvgIpc) is 2.61. The standard InChI is InChI=1S/C23H34N2/c1-6-21-15-20(17-25-18(21)2)16-22(24-5)23(3,4)14-10-13-19-11-8-7-9-12-19/h7-9,11-12,15,17,22,24H,6,10,13-14,16H2,1-5H3. The van der Waals surface area contributed by atoms with Crippen LogP contribution in [-0.4, -0.2) is 18.1 Å². The summed E-state index contributed by atoms with van der Waals surface area (Å²) in [6, 6.07) is 13.6. The lowest BCUT2D eigenvalue weighted by Crippen LogP contribution is -2.41. The maximum absolute atomic E-state index is 4.59. The fourth-order valence-electron chi connectivity index (χ4n) is 3.67. The third-order valence-electron chi connectivity index (χ3n) is 5.49. The van der Waals surface area contributed by atoms with Crippen LogP contribution in [0.5, 0.6) is 0 Å². The Labute approximate surface area is 154 Å². The molecule has 2 heteroatoms. The third-order valence-corrected chi connectivity index (χ3v) is 5.49. The van der Waals surface area contributed by atoms with Gasteiger partial charge in [-0.15, -0.1) is 0 Å². The number of aryl methyl sites for hydroxylation is 3. The molecule has 0 fully saturated rings. The van der Waals surface area contributed by atoms with Gasteiger partial charge < -0.3 is 5.32 Å². The first kappa shape index (κ1) is 19.7. The number of rotatable bonds is 9. The van der Waals surface area contributed by atoms with Crippen molar-refractivity contribution in [3.05, 3.63) is 65.0 Å². The van der Waals surface area contributed by atoms with Crippen LogP contribution in [0.2, 0.25) is 0 Å². The van der Waals surface area contributed by atoms with E-state index in [1.54, 1.807) is 0 Å². The lowest BCUT2D eigenvalue weighted by atomic mass is 9.77. The molecule has 2 aromatic rings. The number of hydrogen-bond acceptors (Lipinski definition) is 2. The number of hydrogen-bond donors (Lipinski definition) is 1. The monoisotopic (exact) mass is 338 g/mol. The lowest BCUT2D eigenvalue weighted by molar-refractivity contribution is 0.225. The molecule has 0 bridgehead atoms. The summed E-state index contributed by atoms with van der Waals surface area (Å²) in [5, 5.41) is 3.56. The van der Waals surface area contributed by atoms with Crippen LogP contribution in [0.25, 0.3) is 0 Å². The second-order valence-corrected chi connectivity index (χ2v) is 7.81. The lowest BCUT2D eigenvalue weighted by Gasteiger charge is -2.35. The first-order valence-electron chi connectivity index (χ1n) is 9.62. The van der Waals surface area contributed by atoms with Gasteiger partial charge in [0.1, 0.15) is 0 Å². The Morgan fingerprint density at radius 2 is 1.84 bits per heavy atom. The van der Waals surface area contributed by atoms with Crippen LogP contribution in [0.4, 0.5) is 0 Å². The van der Waals surface area contributed by atoms with Crippen molar-refractivity contribution in [3.8, 4) is 0 Å². The van der Waals surface area contributed by atoms with E-state index in [2.05, 4.69) is 87.6 Å². The van der Waals surface area contributed by atoms with Crippen LogP contribution in [-0.2, 0) is 19.3 Å². The van der Waals surface area contributed by atoms with Gasteiger partial charge in [0.2, 0.25) is 0 Å². The Kier molecular flexibility index (Phi) is 7.19. The zero-order chi connectivity index (χ0) is 18.3. The van der Waals surface area contributed by atoms with E-state index in [9.17, 15) is 0 Å². The molecule has 0 aliphatic carbocycles. The van der Waals surface area contributed by atoms with E-state index < -0.39 is 0 Å². The number of aromatic nitrogens is 1. The van der Waals surface area contributed by atoms with Gasteiger partial charge in [-0.3, -0.25) is 4.98 Å². The fourth-order valence-corrected chi connectivity index (χ4v) is 3.67. The highest BCUT2D eigenvalue weighted by molar-refractivity contribution is 5.25. The number of likely N-dealkylation sites (N-methyl/N-ethyl adjacent to an activating group) is 1. The van der Waals surface area contributed by atoms with Crippen molar-refractivity contribution in [2.75, 3.05) is 7.05 Å². The molecule has 1 aromatic carbocycles. The van der Waals surface area contributed by atoms with E-state index in [0.717, 1.165) is 25.0 Å². The summed E-state index contributed by atoms with van der Waals surface area (Å²) < 4.78 is 0. The van der Waals surface area contributed by atoms with Crippen molar-refractivity contribution in [2.45, 2.75) is 65.8 Å². The summed E-state index contributed by atoms with van der Waals surface area (Å²) in [7, 11) is 2.09. The van der Waals surface area contributed by atoms with Crippen LogP contribution in [0, 0.1) is 12.3 Å². The Bertz CT molecular complexity index is 646. The van der Waals surface area contributed by atoms with Gasteiger partial charge in [-0.2, -0.15) is 0 Å². The molecule has 0 saturated carbocycles. The number of benzene rings is 1. The smallest absolute Gasteiger partial charge is 0.0404 e.